The first-order valence-corrected chi connectivity index (χ1v) is 6.21. The van der Waals surface area contributed by atoms with E-state index in [4.69, 9.17) is 11.6 Å². The van der Waals surface area contributed by atoms with Gasteiger partial charge in [0.25, 0.3) is 5.91 Å². The van der Waals surface area contributed by atoms with E-state index in [1.807, 2.05) is 0 Å². The molecule has 2 N–H and O–H groups in total. The van der Waals surface area contributed by atoms with Crippen LogP contribution in [0.4, 0.5) is 5.69 Å². The molecule has 0 bridgehead atoms. The molecular weight excluding hydrogens is 282 g/mol. The van der Waals surface area contributed by atoms with Crippen molar-refractivity contribution in [3.63, 3.8) is 0 Å². The summed E-state index contributed by atoms with van der Waals surface area (Å²) < 4.78 is 1.33. The summed E-state index contributed by atoms with van der Waals surface area (Å²) in [4.78, 5) is 23.4. The highest BCUT2D eigenvalue weighted by Crippen LogP contribution is 2.12. The molecule has 0 unspecified atom stereocenters. The van der Waals surface area contributed by atoms with Crippen LogP contribution in [0.2, 0.25) is 0 Å². The van der Waals surface area contributed by atoms with Gasteiger partial charge in [0.15, 0.2) is 0 Å². The molecule has 8 heteroatoms. The van der Waals surface area contributed by atoms with Gasteiger partial charge in [-0.3, -0.25) is 15.0 Å². The highest BCUT2D eigenvalue weighted by atomic mass is 35.5. The van der Waals surface area contributed by atoms with Gasteiger partial charge in [0.1, 0.15) is 18.0 Å². The van der Waals surface area contributed by atoms with E-state index in [9.17, 15) is 9.59 Å². The maximum atomic E-state index is 12.0. The number of halogens is 1. The van der Waals surface area contributed by atoms with E-state index in [1.54, 1.807) is 31.2 Å². The predicted molar refractivity (Wildman–Crippen MR) is 74.1 cm³/mol. The minimum atomic E-state index is -0.649. The fourth-order valence-corrected chi connectivity index (χ4v) is 1.47. The van der Waals surface area contributed by atoms with Gasteiger partial charge in [0.05, 0.1) is 0 Å². The zero-order valence-electron chi connectivity index (χ0n) is 10.6. The summed E-state index contributed by atoms with van der Waals surface area (Å²) >= 11 is 5.67. The van der Waals surface area contributed by atoms with Crippen molar-refractivity contribution in [1.29, 1.82) is 0 Å². The summed E-state index contributed by atoms with van der Waals surface area (Å²) in [6.07, 6.45) is 2.72. The van der Waals surface area contributed by atoms with Crippen molar-refractivity contribution in [2.24, 2.45) is 0 Å². The Labute approximate surface area is 119 Å². The van der Waals surface area contributed by atoms with Gasteiger partial charge in [0.2, 0.25) is 5.91 Å². The SMILES string of the molecule is C[C@H](Cl)C(=O)Nc1cccc(C(=O)Nn2cnnc2)c1. The third-order valence-electron chi connectivity index (χ3n) is 2.40. The van der Waals surface area contributed by atoms with Gasteiger partial charge < -0.3 is 5.32 Å². The highest BCUT2D eigenvalue weighted by molar-refractivity contribution is 6.32. The lowest BCUT2D eigenvalue weighted by atomic mass is 10.2. The average molecular weight is 294 g/mol. The zero-order valence-corrected chi connectivity index (χ0v) is 11.3. The molecule has 2 amide bonds. The van der Waals surface area contributed by atoms with Crippen molar-refractivity contribution in [2.75, 3.05) is 10.7 Å². The van der Waals surface area contributed by atoms with Crippen LogP contribution in [0.15, 0.2) is 36.9 Å². The average Bonchev–Trinajstić information content (AvgIpc) is 2.91. The lowest BCUT2D eigenvalue weighted by Crippen LogP contribution is -2.23. The minimum absolute atomic E-state index is 0.331. The first-order chi connectivity index (χ1) is 9.56. The number of carbonyl (C=O) groups excluding carboxylic acids is 2. The number of nitrogens with one attached hydrogen (secondary N) is 2. The fourth-order valence-electron chi connectivity index (χ4n) is 1.42. The molecule has 2 rings (SSSR count). The molecule has 2 aromatic rings. The van der Waals surface area contributed by atoms with Crippen LogP contribution in [-0.4, -0.2) is 32.1 Å². The molecule has 1 heterocycles. The van der Waals surface area contributed by atoms with Gasteiger partial charge >= 0.3 is 0 Å². The van der Waals surface area contributed by atoms with Crippen molar-refractivity contribution >= 4 is 29.1 Å². The van der Waals surface area contributed by atoms with Crippen LogP contribution in [0, 0.1) is 0 Å². The van der Waals surface area contributed by atoms with E-state index in [0.717, 1.165) is 0 Å². The smallest absolute Gasteiger partial charge is 0.270 e. The molecule has 0 spiro atoms. The first-order valence-electron chi connectivity index (χ1n) is 5.77. The van der Waals surface area contributed by atoms with E-state index in [-0.39, 0.29) is 11.8 Å². The molecule has 104 valence electrons. The van der Waals surface area contributed by atoms with Gasteiger partial charge in [-0.1, -0.05) is 6.07 Å². The van der Waals surface area contributed by atoms with Crippen molar-refractivity contribution in [1.82, 2.24) is 14.9 Å². The number of benzene rings is 1. The minimum Gasteiger partial charge on any atom is -0.325 e. The standard InChI is InChI=1S/C12H12ClN5O2/c1-8(13)11(19)16-10-4-2-3-9(5-10)12(20)17-18-6-14-15-7-18/h2-8H,1H3,(H,16,19)(H,17,20)/t8-/m0/s1. The molecule has 1 aromatic carbocycles. The Hall–Kier alpha value is -2.41. The summed E-state index contributed by atoms with van der Waals surface area (Å²) in [6, 6.07) is 6.51. The maximum absolute atomic E-state index is 12.0. The Morgan fingerprint density at radius 3 is 2.65 bits per heavy atom. The Kier molecular flexibility index (Phi) is 4.31. The van der Waals surface area contributed by atoms with Gasteiger partial charge in [-0.15, -0.1) is 21.8 Å². The van der Waals surface area contributed by atoms with E-state index in [2.05, 4.69) is 20.9 Å². The van der Waals surface area contributed by atoms with Crippen LogP contribution in [-0.2, 0) is 4.79 Å². The summed E-state index contributed by atoms with van der Waals surface area (Å²) in [7, 11) is 0. The Balaban J connectivity index is 2.09. The summed E-state index contributed by atoms with van der Waals surface area (Å²) in [6.45, 7) is 1.57. The summed E-state index contributed by atoms with van der Waals surface area (Å²) in [5.41, 5.74) is 3.44. The Morgan fingerprint density at radius 1 is 1.30 bits per heavy atom. The topological polar surface area (TPSA) is 88.9 Å². The van der Waals surface area contributed by atoms with Crippen LogP contribution in [0.25, 0.3) is 0 Å². The number of nitrogens with zero attached hydrogens (tertiary/aromatic N) is 3. The number of aromatic nitrogens is 3. The molecular formula is C12H12ClN5O2. The van der Waals surface area contributed by atoms with Crippen LogP contribution in [0.3, 0.4) is 0 Å². The van der Waals surface area contributed by atoms with Crippen LogP contribution in [0.5, 0.6) is 0 Å². The second kappa shape index (κ2) is 6.16. The maximum Gasteiger partial charge on any atom is 0.270 e. The van der Waals surface area contributed by atoms with E-state index in [1.165, 1.54) is 17.3 Å². The van der Waals surface area contributed by atoms with Crippen LogP contribution in [0.1, 0.15) is 17.3 Å². The molecule has 20 heavy (non-hydrogen) atoms. The Bertz CT molecular complexity index is 612. The summed E-state index contributed by atoms with van der Waals surface area (Å²) in [5, 5.41) is 9.11. The number of amides is 2. The highest BCUT2D eigenvalue weighted by Gasteiger charge is 2.11. The van der Waals surface area contributed by atoms with Gasteiger partial charge in [-0.25, -0.2) is 4.68 Å². The lowest BCUT2D eigenvalue weighted by molar-refractivity contribution is -0.115. The van der Waals surface area contributed by atoms with Crippen molar-refractivity contribution < 1.29 is 9.59 Å². The molecule has 0 radical (unpaired) electrons. The fraction of sp³-hybridized carbons (Fsp3) is 0.167. The molecule has 0 aliphatic rings. The van der Waals surface area contributed by atoms with Gasteiger partial charge in [0, 0.05) is 11.3 Å². The largest absolute Gasteiger partial charge is 0.325 e. The first kappa shape index (κ1) is 14.0. The van der Waals surface area contributed by atoms with Crippen LogP contribution < -0.4 is 10.7 Å². The third-order valence-corrected chi connectivity index (χ3v) is 2.60. The van der Waals surface area contributed by atoms with Crippen molar-refractivity contribution in [2.45, 2.75) is 12.3 Å². The molecule has 0 fully saturated rings. The number of anilines is 1. The third kappa shape index (κ3) is 3.55. The number of rotatable bonds is 4. The molecule has 7 nitrogen and oxygen atoms in total. The van der Waals surface area contributed by atoms with Crippen molar-refractivity contribution in [3.8, 4) is 0 Å². The van der Waals surface area contributed by atoms with Crippen molar-refractivity contribution in [3.05, 3.63) is 42.5 Å². The second-order valence-corrected chi connectivity index (χ2v) is 4.65. The number of alkyl halides is 1. The monoisotopic (exact) mass is 293 g/mol. The molecule has 0 saturated heterocycles. The van der Waals surface area contributed by atoms with E-state index >= 15 is 0 Å². The quantitative estimate of drug-likeness (QED) is 0.830. The molecule has 1 aromatic heterocycles. The van der Waals surface area contributed by atoms with Crippen LogP contribution >= 0.6 is 11.6 Å². The molecule has 1 atom stereocenters. The van der Waals surface area contributed by atoms with Gasteiger partial charge in [-0.05, 0) is 25.1 Å². The lowest BCUT2D eigenvalue weighted by Gasteiger charge is -2.09. The molecule has 0 aliphatic carbocycles. The van der Waals surface area contributed by atoms with E-state index < -0.39 is 5.38 Å². The number of carbonyl (C=O) groups is 2. The van der Waals surface area contributed by atoms with Gasteiger partial charge in [-0.2, -0.15) is 0 Å². The second-order valence-electron chi connectivity index (χ2n) is 4.00. The zero-order chi connectivity index (χ0) is 14.5. The summed E-state index contributed by atoms with van der Waals surface area (Å²) in [5.74, 6) is -0.678. The number of hydrogen-bond donors (Lipinski definition) is 2. The Morgan fingerprint density at radius 2 is 2.00 bits per heavy atom. The molecule has 0 saturated carbocycles. The molecule has 0 aliphatic heterocycles. The van der Waals surface area contributed by atoms with E-state index in [0.29, 0.717) is 11.3 Å². The normalized spacial score (nSPS) is 11.7. The predicted octanol–water partition coefficient (Wildman–Crippen LogP) is 1.23. The number of hydrogen-bond acceptors (Lipinski definition) is 4.